The molecular weight excluding hydrogens is 192 g/mol. The number of carbonyl (C=O) groups excluding carboxylic acids is 1. The first-order valence-electron chi connectivity index (χ1n) is 5.03. The molecule has 5 nitrogen and oxygen atoms in total. The van der Waals surface area contributed by atoms with E-state index in [4.69, 9.17) is 0 Å². The average molecular weight is 206 g/mol. The van der Waals surface area contributed by atoms with Crippen LogP contribution in [0.2, 0.25) is 0 Å². The molecule has 0 saturated carbocycles. The third-order valence-electron chi connectivity index (χ3n) is 2.61. The molecule has 0 spiro atoms. The van der Waals surface area contributed by atoms with Gasteiger partial charge < -0.3 is 0 Å². The van der Waals surface area contributed by atoms with Gasteiger partial charge in [0.2, 0.25) is 5.91 Å². The van der Waals surface area contributed by atoms with E-state index in [1.807, 2.05) is 25.5 Å². The number of nitrogens with one attached hydrogen (secondary N) is 1. The van der Waals surface area contributed by atoms with E-state index in [0.29, 0.717) is 6.42 Å². The van der Waals surface area contributed by atoms with Gasteiger partial charge in [0.15, 0.2) is 0 Å². The van der Waals surface area contributed by atoms with Crippen molar-refractivity contribution in [1.82, 2.24) is 15.2 Å². The van der Waals surface area contributed by atoms with Gasteiger partial charge >= 0.3 is 0 Å². The second-order valence-electron chi connectivity index (χ2n) is 3.63. The summed E-state index contributed by atoms with van der Waals surface area (Å²) in [5.74, 6) is -0.0481. The predicted molar refractivity (Wildman–Crippen MR) is 56.7 cm³/mol. The SMILES string of the molecule is CCn1nc(C)c(C2=NNC(=O)C2)c1C. The van der Waals surface area contributed by atoms with E-state index in [2.05, 4.69) is 15.6 Å². The summed E-state index contributed by atoms with van der Waals surface area (Å²) in [5.41, 5.74) is 6.28. The highest BCUT2D eigenvalue weighted by Gasteiger charge is 2.22. The molecule has 0 unspecified atom stereocenters. The van der Waals surface area contributed by atoms with Crippen molar-refractivity contribution in [3.63, 3.8) is 0 Å². The Morgan fingerprint density at radius 1 is 1.47 bits per heavy atom. The van der Waals surface area contributed by atoms with Crippen LogP contribution in [-0.4, -0.2) is 21.4 Å². The standard InChI is InChI=1S/C10H14N4O/c1-4-14-7(3)10(6(2)13-14)8-5-9(15)12-11-8/h4-5H2,1-3H3,(H,12,15). The fourth-order valence-electron chi connectivity index (χ4n) is 1.93. The van der Waals surface area contributed by atoms with Crippen molar-refractivity contribution < 1.29 is 4.79 Å². The summed E-state index contributed by atoms with van der Waals surface area (Å²) in [4.78, 5) is 11.1. The van der Waals surface area contributed by atoms with Gasteiger partial charge in [0, 0.05) is 17.8 Å². The highest BCUT2D eigenvalue weighted by molar-refractivity contribution is 6.14. The fraction of sp³-hybridized carbons (Fsp3) is 0.500. The lowest BCUT2D eigenvalue weighted by molar-refractivity contribution is -0.119. The third-order valence-corrected chi connectivity index (χ3v) is 2.61. The van der Waals surface area contributed by atoms with Crippen LogP contribution in [-0.2, 0) is 11.3 Å². The molecule has 0 atom stereocenters. The van der Waals surface area contributed by atoms with Gasteiger partial charge in [-0.05, 0) is 20.8 Å². The van der Waals surface area contributed by atoms with E-state index < -0.39 is 0 Å². The maximum atomic E-state index is 11.1. The predicted octanol–water partition coefficient (Wildman–Crippen LogP) is 0.744. The summed E-state index contributed by atoms with van der Waals surface area (Å²) in [7, 11) is 0. The Morgan fingerprint density at radius 3 is 2.67 bits per heavy atom. The number of rotatable bonds is 2. The summed E-state index contributed by atoms with van der Waals surface area (Å²) in [6.45, 7) is 6.83. The second kappa shape index (κ2) is 3.49. The fourth-order valence-corrected chi connectivity index (χ4v) is 1.93. The smallest absolute Gasteiger partial charge is 0.246 e. The lowest BCUT2D eigenvalue weighted by Gasteiger charge is -2.00. The Hall–Kier alpha value is -1.65. The number of hydrogen-bond acceptors (Lipinski definition) is 3. The number of hydrogen-bond donors (Lipinski definition) is 1. The summed E-state index contributed by atoms with van der Waals surface area (Å²) in [5, 5.41) is 8.42. The third kappa shape index (κ3) is 1.54. The lowest BCUT2D eigenvalue weighted by Crippen LogP contribution is -2.09. The van der Waals surface area contributed by atoms with Crippen LogP contribution >= 0.6 is 0 Å². The molecule has 2 rings (SSSR count). The lowest BCUT2D eigenvalue weighted by atomic mass is 10.1. The van der Waals surface area contributed by atoms with Gasteiger partial charge in [0.05, 0.1) is 17.8 Å². The molecule has 0 fully saturated rings. The molecule has 0 saturated heterocycles. The highest BCUT2D eigenvalue weighted by atomic mass is 16.2. The van der Waals surface area contributed by atoms with Crippen molar-refractivity contribution >= 4 is 11.6 Å². The molecule has 15 heavy (non-hydrogen) atoms. The molecule has 5 heteroatoms. The first-order valence-corrected chi connectivity index (χ1v) is 5.03. The molecule has 0 aromatic carbocycles. The number of carbonyl (C=O) groups is 1. The van der Waals surface area contributed by atoms with Crippen LogP contribution in [0.4, 0.5) is 0 Å². The van der Waals surface area contributed by atoms with Gasteiger partial charge in [-0.15, -0.1) is 0 Å². The molecule has 80 valence electrons. The van der Waals surface area contributed by atoms with Crippen molar-refractivity contribution in [1.29, 1.82) is 0 Å². The highest BCUT2D eigenvalue weighted by Crippen LogP contribution is 2.17. The topological polar surface area (TPSA) is 59.3 Å². The summed E-state index contributed by atoms with van der Waals surface area (Å²) in [6.07, 6.45) is 0.358. The number of hydrazone groups is 1. The van der Waals surface area contributed by atoms with E-state index >= 15 is 0 Å². The van der Waals surface area contributed by atoms with E-state index in [1.165, 1.54) is 0 Å². The molecule has 2 heterocycles. The summed E-state index contributed by atoms with van der Waals surface area (Å²) in [6, 6.07) is 0. The molecule has 0 aliphatic carbocycles. The van der Waals surface area contributed by atoms with Crippen LogP contribution in [0.5, 0.6) is 0 Å². The molecule has 1 aliphatic heterocycles. The zero-order valence-electron chi connectivity index (χ0n) is 9.16. The van der Waals surface area contributed by atoms with Crippen molar-refractivity contribution in [2.75, 3.05) is 0 Å². The zero-order chi connectivity index (χ0) is 11.0. The number of aromatic nitrogens is 2. The molecule has 1 N–H and O–H groups in total. The number of nitrogens with zero attached hydrogens (tertiary/aromatic N) is 3. The van der Waals surface area contributed by atoms with Crippen LogP contribution in [0.25, 0.3) is 0 Å². The number of amides is 1. The largest absolute Gasteiger partial charge is 0.273 e. The maximum Gasteiger partial charge on any atom is 0.246 e. The Kier molecular flexibility index (Phi) is 2.30. The van der Waals surface area contributed by atoms with Crippen molar-refractivity contribution in [3.05, 3.63) is 17.0 Å². The second-order valence-corrected chi connectivity index (χ2v) is 3.63. The van der Waals surface area contributed by atoms with Gasteiger partial charge in [-0.2, -0.15) is 10.2 Å². The van der Waals surface area contributed by atoms with Gasteiger partial charge in [-0.3, -0.25) is 9.48 Å². The first kappa shape index (κ1) is 9.89. The minimum atomic E-state index is -0.0481. The molecular formula is C10H14N4O. The Morgan fingerprint density at radius 2 is 2.20 bits per heavy atom. The summed E-state index contributed by atoms with van der Waals surface area (Å²) >= 11 is 0. The molecule has 0 bridgehead atoms. The van der Waals surface area contributed by atoms with Gasteiger partial charge in [0.1, 0.15) is 0 Å². The van der Waals surface area contributed by atoms with Crippen LogP contribution in [0, 0.1) is 13.8 Å². The van der Waals surface area contributed by atoms with Crippen LogP contribution in [0.3, 0.4) is 0 Å². The van der Waals surface area contributed by atoms with Crippen LogP contribution < -0.4 is 5.43 Å². The molecule has 1 aromatic rings. The average Bonchev–Trinajstić information content (AvgIpc) is 2.71. The Balaban J connectivity index is 2.44. The van der Waals surface area contributed by atoms with E-state index in [1.54, 1.807) is 0 Å². The maximum absolute atomic E-state index is 11.1. The molecule has 1 aliphatic rings. The monoisotopic (exact) mass is 206 g/mol. The van der Waals surface area contributed by atoms with Crippen molar-refractivity contribution in [2.45, 2.75) is 33.7 Å². The molecule has 1 aromatic heterocycles. The van der Waals surface area contributed by atoms with E-state index in [9.17, 15) is 4.79 Å². The first-order chi connectivity index (χ1) is 7.13. The quantitative estimate of drug-likeness (QED) is 0.776. The van der Waals surface area contributed by atoms with E-state index in [0.717, 1.165) is 29.2 Å². The van der Waals surface area contributed by atoms with E-state index in [-0.39, 0.29) is 5.91 Å². The van der Waals surface area contributed by atoms with Gasteiger partial charge in [-0.25, -0.2) is 5.43 Å². The van der Waals surface area contributed by atoms with Gasteiger partial charge in [-0.1, -0.05) is 0 Å². The Bertz CT molecular complexity index is 445. The summed E-state index contributed by atoms with van der Waals surface area (Å²) < 4.78 is 1.93. The molecule has 1 amide bonds. The molecule has 0 radical (unpaired) electrons. The van der Waals surface area contributed by atoms with Crippen molar-refractivity contribution in [2.24, 2.45) is 5.10 Å². The zero-order valence-corrected chi connectivity index (χ0v) is 9.16. The number of aryl methyl sites for hydroxylation is 2. The Labute approximate surface area is 88.2 Å². The van der Waals surface area contributed by atoms with Crippen molar-refractivity contribution in [3.8, 4) is 0 Å². The van der Waals surface area contributed by atoms with Gasteiger partial charge in [0.25, 0.3) is 0 Å². The minimum absolute atomic E-state index is 0.0481. The normalized spacial score (nSPS) is 15.4. The minimum Gasteiger partial charge on any atom is -0.273 e. The van der Waals surface area contributed by atoms with Crippen LogP contribution in [0.15, 0.2) is 5.10 Å². The van der Waals surface area contributed by atoms with Crippen LogP contribution in [0.1, 0.15) is 30.3 Å².